The highest BCUT2D eigenvalue weighted by molar-refractivity contribution is 5.36. The number of aromatic nitrogens is 2. The Hall–Kier alpha value is -2.44. The van der Waals surface area contributed by atoms with Gasteiger partial charge in [0.1, 0.15) is 0 Å². The Bertz CT molecular complexity index is 731. The summed E-state index contributed by atoms with van der Waals surface area (Å²) in [7, 11) is 0. The van der Waals surface area contributed by atoms with Gasteiger partial charge in [-0.2, -0.15) is 4.39 Å². The lowest BCUT2D eigenvalue weighted by molar-refractivity contribution is -0.387. The fraction of sp³-hybridized carbons (Fsp3) is 0.308. The van der Waals surface area contributed by atoms with E-state index in [0.717, 1.165) is 18.9 Å². The number of benzene rings is 1. The van der Waals surface area contributed by atoms with Crippen molar-refractivity contribution in [2.24, 2.45) is 0 Å². The van der Waals surface area contributed by atoms with Gasteiger partial charge < -0.3 is 0 Å². The molecule has 0 amide bonds. The van der Waals surface area contributed by atoms with Crippen LogP contribution in [0.2, 0.25) is 0 Å². The van der Waals surface area contributed by atoms with Gasteiger partial charge in [-0.1, -0.05) is 12.1 Å². The van der Waals surface area contributed by atoms with Crippen molar-refractivity contribution >= 4 is 5.69 Å². The second-order valence-electron chi connectivity index (χ2n) is 4.85. The molecule has 3 rings (SSSR count). The zero-order valence-corrected chi connectivity index (χ0v) is 10.5. The van der Waals surface area contributed by atoms with Crippen LogP contribution in [0.3, 0.4) is 0 Å². The van der Waals surface area contributed by atoms with Crippen LogP contribution in [0, 0.1) is 15.9 Å². The van der Waals surface area contributed by atoms with E-state index < -0.39 is 16.4 Å². The summed E-state index contributed by atoms with van der Waals surface area (Å²) >= 11 is 0. The van der Waals surface area contributed by atoms with Crippen molar-refractivity contribution in [3.05, 3.63) is 62.6 Å². The number of nitrogens with zero attached hydrogens (tertiary/aromatic N) is 3. The molecule has 1 aliphatic carbocycles. The third-order valence-corrected chi connectivity index (χ3v) is 3.41. The molecule has 1 heterocycles. The molecule has 0 saturated heterocycles. The van der Waals surface area contributed by atoms with E-state index in [2.05, 4.69) is 0 Å². The van der Waals surface area contributed by atoms with Crippen molar-refractivity contribution in [2.45, 2.75) is 25.4 Å². The van der Waals surface area contributed by atoms with Crippen molar-refractivity contribution < 1.29 is 9.31 Å². The average Bonchev–Trinajstić information content (AvgIpc) is 3.18. The average molecular weight is 277 g/mol. The van der Waals surface area contributed by atoms with E-state index in [4.69, 9.17) is 0 Å². The number of rotatable bonds is 4. The minimum atomic E-state index is -0.886. The van der Waals surface area contributed by atoms with Gasteiger partial charge in [-0.15, -0.1) is 0 Å². The Morgan fingerprint density at radius 2 is 2.10 bits per heavy atom. The summed E-state index contributed by atoms with van der Waals surface area (Å²) in [4.78, 5) is 22.0. The minimum absolute atomic E-state index is 0.00787. The van der Waals surface area contributed by atoms with E-state index in [1.165, 1.54) is 16.7 Å². The minimum Gasteiger partial charge on any atom is -0.296 e. The fourth-order valence-corrected chi connectivity index (χ4v) is 2.19. The number of nitro groups is 1. The van der Waals surface area contributed by atoms with Gasteiger partial charge >= 0.3 is 11.4 Å². The fourth-order valence-electron chi connectivity index (χ4n) is 2.19. The van der Waals surface area contributed by atoms with E-state index >= 15 is 0 Å². The van der Waals surface area contributed by atoms with E-state index in [-0.39, 0.29) is 23.8 Å². The second-order valence-corrected chi connectivity index (χ2v) is 4.85. The Morgan fingerprint density at radius 1 is 1.35 bits per heavy atom. The molecule has 0 spiro atoms. The van der Waals surface area contributed by atoms with Gasteiger partial charge in [-0.3, -0.25) is 19.2 Å². The molecule has 0 unspecified atom stereocenters. The molecule has 2 aromatic rings. The summed E-state index contributed by atoms with van der Waals surface area (Å²) in [5, 5.41) is 10.7. The Morgan fingerprint density at radius 3 is 2.75 bits per heavy atom. The Balaban J connectivity index is 1.93. The van der Waals surface area contributed by atoms with Gasteiger partial charge in [0, 0.05) is 30.1 Å². The second kappa shape index (κ2) is 4.59. The molecule has 1 fully saturated rings. The molecule has 1 aliphatic rings. The molecule has 0 atom stereocenters. The third-order valence-electron chi connectivity index (χ3n) is 3.41. The van der Waals surface area contributed by atoms with Crippen molar-refractivity contribution in [2.75, 3.05) is 0 Å². The van der Waals surface area contributed by atoms with Gasteiger partial charge in [0.05, 0.1) is 11.5 Å². The van der Waals surface area contributed by atoms with E-state index in [0.29, 0.717) is 0 Å². The molecular weight excluding hydrogens is 265 g/mol. The van der Waals surface area contributed by atoms with Crippen LogP contribution in [0.25, 0.3) is 0 Å². The SMILES string of the molecule is O=c1n(Cc2cccc([N+](=O)[O-])c2F)ccn1C1CC1. The predicted octanol–water partition coefficient (Wildman–Crippen LogP) is 2.08. The van der Waals surface area contributed by atoms with Gasteiger partial charge in [0.2, 0.25) is 5.82 Å². The van der Waals surface area contributed by atoms with E-state index in [1.807, 2.05) is 0 Å². The van der Waals surface area contributed by atoms with E-state index in [1.54, 1.807) is 17.0 Å². The summed E-state index contributed by atoms with van der Waals surface area (Å²) in [6, 6.07) is 4.22. The zero-order chi connectivity index (χ0) is 14.3. The first-order chi connectivity index (χ1) is 9.58. The Kier molecular flexibility index (Phi) is 2.89. The summed E-state index contributed by atoms with van der Waals surface area (Å²) in [6.07, 6.45) is 5.22. The molecule has 104 valence electrons. The standard InChI is InChI=1S/C13H12FN3O3/c14-12-9(2-1-3-11(12)17(19)20)8-15-6-7-16(13(15)18)10-4-5-10/h1-3,6-7,10H,4-5,8H2. The van der Waals surface area contributed by atoms with Crippen LogP contribution in [0.5, 0.6) is 0 Å². The number of hydrogen-bond donors (Lipinski definition) is 0. The Labute approximate surface area is 113 Å². The molecule has 0 N–H and O–H groups in total. The molecule has 1 aromatic heterocycles. The highest BCUT2D eigenvalue weighted by Gasteiger charge is 2.26. The lowest BCUT2D eigenvalue weighted by Crippen LogP contribution is -2.24. The molecule has 0 bridgehead atoms. The largest absolute Gasteiger partial charge is 0.328 e. The highest BCUT2D eigenvalue weighted by Crippen LogP contribution is 2.33. The van der Waals surface area contributed by atoms with Crippen molar-refractivity contribution in [1.29, 1.82) is 0 Å². The highest BCUT2D eigenvalue weighted by atomic mass is 19.1. The number of imidazole rings is 1. The van der Waals surface area contributed by atoms with E-state index in [9.17, 15) is 19.3 Å². The third kappa shape index (κ3) is 2.11. The van der Waals surface area contributed by atoms with Crippen LogP contribution in [0.4, 0.5) is 10.1 Å². The molecule has 0 aliphatic heterocycles. The molecular formula is C13H12FN3O3. The zero-order valence-electron chi connectivity index (χ0n) is 10.5. The topological polar surface area (TPSA) is 70.1 Å². The smallest absolute Gasteiger partial charge is 0.296 e. The number of halogens is 1. The van der Waals surface area contributed by atoms with Gasteiger partial charge in [0.15, 0.2) is 0 Å². The van der Waals surface area contributed by atoms with Crippen LogP contribution in [-0.2, 0) is 6.54 Å². The predicted molar refractivity (Wildman–Crippen MR) is 69.1 cm³/mol. The molecule has 1 saturated carbocycles. The monoisotopic (exact) mass is 277 g/mol. The maximum atomic E-state index is 14.0. The molecule has 6 nitrogen and oxygen atoms in total. The lowest BCUT2D eigenvalue weighted by atomic mass is 10.2. The van der Waals surface area contributed by atoms with Crippen LogP contribution in [0.15, 0.2) is 35.4 Å². The number of nitro benzene ring substituents is 1. The first kappa shape index (κ1) is 12.6. The van der Waals surface area contributed by atoms with Crippen LogP contribution in [0.1, 0.15) is 24.4 Å². The van der Waals surface area contributed by atoms with Gasteiger partial charge in [-0.05, 0) is 12.8 Å². The van der Waals surface area contributed by atoms with Crippen molar-refractivity contribution in [3.8, 4) is 0 Å². The first-order valence-corrected chi connectivity index (χ1v) is 6.27. The van der Waals surface area contributed by atoms with Crippen molar-refractivity contribution in [3.63, 3.8) is 0 Å². The maximum Gasteiger partial charge on any atom is 0.328 e. The van der Waals surface area contributed by atoms with Gasteiger partial charge in [-0.25, -0.2) is 4.79 Å². The van der Waals surface area contributed by atoms with Crippen LogP contribution >= 0.6 is 0 Å². The van der Waals surface area contributed by atoms with Crippen molar-refractivity contribution in [1.82, 2.24) is 9.13 Å². The first-order valence-electron chi connectivity index (χ1n) is 6.27. The quantitative estimate of drug-likeness (QED) is 0.634. The summed E-state index contributed by atoms with van der Waals surface area (Å²) in [5.41, 5.74) is -0.648. The van der Waals surface area contributed by atoms with Crippen LogP contribution < -0.4 is 5.69 Å². The lowest BCUT2D eigenvalue weighted by Gasteiger charge is -2.04. The van der Waals surface area contributed by atoms with Gasteiger partial charge in [0.25, 0.3) is 0 Å². The number of hydrogen-bond acceptors (Lipinski definition) is 3. The molecule has 0 radical (unpaired) electrons. The molecule has 20 heavy (non-hydrogen) atoms. The van der Waals surface area contributed by atoms with Crippen LogP contribution in [-0.4, -0.2) is 14.1 Å². The maximum absolute atomic E-state index is 14.0. The molecule has 7 heteroatoms. The normalized spacial score (nSPS) is 14.4. The molecule has 1 aromatic carbocycles. The summed E-state index contributed by atoms with van der Waals surface area (Å²) in [6.45, 7) is -0.00787. The summed E-state index contributed by atoms with van der Waals surface area (Å²) in [5.74, 6) is -0.886. The summed E-state index contributed by atoms with van der Waals surface area (Å²) < 4.78 is 16.9.